The zero-order valence-corrected chi connectivity index (χ0v) is 13.3. The van der Waals surface area contributed by atoms with Crippen molar-refractivity contribution >= 4 is 18.0 Å². The molecular formula is C16H21N3O4. The van der Waals surface area contributed by atoms with Crippen LogP contribution in [0.3, 0.4) is 0 Å². The molecule has 0 aromatic heterocycles. The Hall–Kier alpha value is -2.57. The van der Waals surface area contributed by atoms with Gasteiger partial charge in [-0.15, -0.1) is 0 Å². The predicted molar refractivity (Wildman–Crippen MR) is 85.4 cm³/mol. The van der Waals surface area contributed by atoms with Gasteiger partial charge in [0.05, 0.1) is 13.3 Å². The SMILES string of the molecule is COc1cc(/C=N/NC(=O)C(=O)N2CCC(C)CC2)ccc1O. The van der Waals surface area contributed by atoms with Gasteiger partial charge in [-0.1, -0.05) is 6.92 Å². The lowest BCUT2D eigenvalue weighted by atomic mass is 9.99. The summed E-state index contributed by atoms with van der Waals surface area (Å²) in [5, 5.41) is 13.3. The van der Waals surface area contributed by atoms with Gasteiger partial charge in [-0.05, 0) is 42.5 Å². The first-order valence-corrected chi connectivity index (χ1v) is 7.50. The second-order valence-corrected chi connectivity index (χ2v) is 5.61. The highest BCUT2D eigenvalue weighted by molar-refractivity contribution is 6.35. The third kappa shape index (κ3) is 4.45. The number of nitrogens with zero attached hydrogens (tertiary/aromatic N) is 2. The molecule has 2 amide bonds. The Kier molecular flexibility index (Phi) is 5.56. The van der Waals surface area contributed by atoms with Crippen LogP contribution >= 0.6 is 0 Å². The van der Waals surface area contributed by atoms with Crippen molar-refractivity contribution in [2.75, 3.05) is 20.2 Å². The Bertz CT molecular complexity index is 607. The number of nitrogens with one attached hydrogen (secondary N) is 1. The van der Waals surface area contributed by atoms with E-state index in [9.17, 15) is 14.7 Å². The number of methoxy groups -OCH3 is 1. The van der Waals surface area contributed by atoms with Crippen LogP contribution in [0.4, 0.5) is 0 Å². The van der Waals surface area contributed by atoms with E-state index >= 15 is 0 Å². The lowest BCUT2D eigenvalue weighted by Gasteiger charge is -2.29. The standard InChI is InChI=1S/C16H21N3O4/c1-11-5-7-19(8-6-11)16(22)15(21)18-17-10-12-3-4-13(20)14(9-12)23-2/h3-4,9-11,20H,5-8H2,1-2H3,(H,18,21)/b17-10+. The van der Waals surface area contributed by atoms with Crippen LogP contribution in [0.25, 0.3) is 0 Å². The summed E-state index contributed by atoms with van der Waals surface area (Å²) in [4.78, 5) is 25.3. The number of hydrogen-bond acceptors (Lipinski definition) is 5. The fourth-order valence-corrected chi connectivity index (χ4v) is 2.34. The van der Waals surface area contributed by atoms with Gasteiger partial charge in [0, 0.05) is 13.1 Å². The van der Waals surface area contributed by atoms with Gasteiger partial charge in [0.2, 0.25) is 0 Å². The molecular weight excluding hydrogens is 298 g/mol. The number of benzene rings is 1. The molecule has 0 aliphatic carbocycles. The highest BCUT2D eigenvalue weighted by atomic mass is 16.5. The maximum atomic E-state index is 12.0. The Morgan fingerprint density at radius 3 is 2.74 bits per heavy atom. The molecule has 124 valence electrons. The van der Waals surface area contributed by atoms with Crippen LogP contribution in [-0.4, -0.2) is 48.2 Å². The minimum absolute atomic E-state index is 0.0168. The summed E-state index contributed by atoms with van der Waals surface area (Å²) in [5.41, 5.74) is 2.85. The van der Waals surface area contributed by atoms with Crippen molar-refractivity contribution in [3.8, 4) is 11.5 Å². The Morgan fingerprint density at radius 1 is 1.39 bits per heavy atom. The van der Waals surface area contributed by atoms with Gasteiger partial charge < -0.3 is 14.7 Å². The van der Waals surface area contributed by atoms with Crippen molar-refractivity contribution in [1.82, 2.24) is 10.3 Å². The number of aromatic hydroxyl groups is 1. The summed E-state index contributed by atoms with van der Waals surface area (Å²) < 4.78 is 4.98. The highest BCUT2D eigenvalue weighted by Crippen LogP contribution is 2.25. The monoisotopic (exact) mass is 319 g/mol. The third-order valence-corrected chi connectivity index (χ3v) is 3.85. The smallest absolute Gasteiger partial charge is 0.329 e. The van der Waals surface area contributed by atoms with E-state index in [1.54, 1.807) is 17.0 Å². The second kappa shape index (κ2) is 7.62. The molecule has 0 spiro atoms. The van der Waals surface area contributed by atoms with Gasteiger partial charge in [-0.25, -0.2) is 5.43 Å². The fraction of sp³-hybridized carbons (Fsp3) is 0.438. The number of phenolic OH excluding ortho intramolecular Hbond substituents is 1. The molecule has 0 bridgehead atoms. The predicted octanol–water partition coefficient (Wildman–Crippen LogP) is 1.11. The number of piperidine rings is 1. The molecule has 0 radical (unpaired) electrons. The van der Waals surface area contributed by atoms with E-state index in [1.165, 1.54) is 19.4 Å². The minimum atomic E-state index is -0.749. The largest absolute Gasteiger partial charge is 0.504 e. The number of ether oxygens (including phenoxy) is 1. The highest BCUT2D eigenvalue weighted by Gasteiger charge is 2.25. The summed E-state index contributed by atoms with van der Waals surface area (Å²) >= 11 is 0. The van der Waals surface area contributed by atoms with E-state index in [-0.39, 0.29) is 5.75 Å². The zero-order chi connectivity index (χ0) is 16.8. The van der Waals surface area contributed by atoms with E-state index in [1.807, 2.05) is 0 Å². The number of hydrazone groups is 1. The number of amides is 2. The summed E-state index contributed by atoms with van der Waals surface area (Å²) in [6.07, 6.45) is 3.20. The van der Waals surface area contributed by atoms with Crippen LogP contribution in [0.2, 0.25) is 0 Å². The lowest BCUT2D eigenvalue weighted by molar-refractivity contribution is -0.146. The molecule has 7 nitrogen and oxygen atoms in total. The molecule has 1 saturated heterocycles. The molecule has 2 rings (SSSR count). The van der Waals surface area contributed by atoms with E-state index in [4.69, 9.17) is 4.74 Å². The molecule has 1 aromatic rings. The van der Waals surface area contributed by atoms with Gasteiger partial charge in [0.1, 0.15) is 0 Å². The molecule has 23 heavy (non-hydrogen) atoms. The zero-order valence-electron chi connectivity index (χ0n) is 13.3. The summed E-state index contributed by atoms with van der Waals surface area (Å²) in [5.74, 6) is -0.398. The lowest BCUT2D eigenvalue weighted by Crippen LogP contribution is -2.45. The minimum Gasteiger partial charge on any atom is -0.504 e. The quantitative estimate of drug-likeness (QED) is 0.496. The van der Waals surface area contributed by atoms with Crippen LogP contribution in [0.5, 0.6) is 11.5 Å². The number of hydrogen-bond donors (Lipinski definition) is 2. The molecule has 0 unspecified atom stereocenters. The fourth-order valence-electron chi connectivity index (χ4n) is 2.34. The van der Waals surface area contributed by atoms with Crippen LogP contribution < -0.4 is 10.2 Å². The normalized spacial score (nSPS) is 15.7. The van der Waals surface area contributed by atoms with Crippen molar-refractivity contribution < 1.29 is 19.4 Å². The molecule has 7 heteroatoms. The van der Waals surface area contributed by atoms with Crippen molar-refractivity contribution in [2.45, 2.75) is 19.8 Å². The molecule has 2 N–H and O–H groups in total. The van der Waals surface area contributed by atoms with Gasteiger partial charge in [-0.3, -0.25) is 9.59 Å². The van der Waals surface area contributed by atoms with Crippen LogP contribution in [0.15, 0.2) is 23.3 Å². The van der Waals surface area contributed by atoms with E-state index in [0.29, 0.717) is 30.3 Å². The third-order valence-electron chi connectivity index (χ3n) is 3.85. The number of carbonyl (C=O) groups is 2. The number of carbonyl (C=O) groups excluding carboxylic acids is 2. The van der Waals surface area contributed by atoms with E-state index in [0.717, 1.165) is 12.8 Å². The van der Waals surface area contributed by atoms with Crippen LogP contribution in [0, 0.1) is 5.92 Å². The maximum absolute atomic E-state index is 12.0. The van der Waals surface area contributed by atoms with Gasteiger partial charge in [0.25, 0.3) is 0 Å². The van der Waals surface area contributed by atoms with Crippen molar-refractivity contribution in [3.05, 3.63) is 23.8 Å². The second-order valence-electron chi connectivity index (χ2n) is 5.61. The molecule has 0 atom stereocenters. The van der Waals surface area contributed by atoms with Crippen LogP contribution in [-0.2, 0) is 9.59 Å². The van der Waals surface area contributed by atoms with Crippen LogP contribution in [0.1, 0.15) is 25.3 Å². The van der Waals surface area contributed by atoms with E-state index in [2.05, 4.69) is 17.5 Å². The molecule has 1 aliphatic rings. The summed E-state index contributed by atoms with van der Waals surface area (Å²) in [7, 11) is 1.44. The average molecular weight is 319 g/mol. The first-order valence-electron chi connectivity index (χ1n) is 7.50. The van der Waals surface area contributed by atoms with Gasteiger partial charge in [-0.2, -0.15) is 5.10 Å². The maximum Gasteiger partial charge on any atom is 0.329 e. The van der Waals surface area contributed by atoms with Crippen molar-refractivity contribution in [1.29, 1.82) is 0 Å². The molecule has 1 aromatic carbocycles. The van der Waals surface area contributed by atoms with Crippen molar-refractivity contribution in [2.24, 2.45) is 11.0 Å². The topological polar surface area (TPSA) is 91.2 Å². The first-order chi connectivity index (χ1) is 11.0. The van der Waals surface area contributed by atoms with Gasteiger partial charge in [0.15, 0.2) is 11.5 Å². The van der Waals surface area contributed by atoms with Crippen molar-refractivity contribution in [3.63, 3.8) is 0 Å². The molecule has 1 heterocycles. The number of likely N-dealkylation sites (tertiary alicyclic amines) is 1. The van der Waals surface area contributed by atoms with E-state index < -0.39 is 11.8 Å². The number of phenols is 1. The first kappa shape index (κ1) is 16.8. The average Bonchev–Trinajstić information content (AvgIpc) is 2.56. The molecule has 0 saturated carbocycles. The molecule has 1 fully saturated rings. The summed E-state index contributed by atoms with van der Waals surface area (Å²) in [6.45, 7) is 3.34. The number of rotatable bonds is 3. The van der Waals surface area contributed by atoms with Gasteiger partial charge >= 0.3 is 11.8 Å². The Morgan fingerprint density at radius 2 is 2.09 bits per heavy atom. The molecule has 1 aliphatic heterocycles. The summed E-state index contributed by atoms with van der Waals surface area (Å²) in [6, 6.07) is 4.64. The Balaban J connectivity index is 1.89. The Labute approximate surface area is 134 Å².